The van der Waals surface area contributed by atoms with Crippen LogP contribution in [0.25, 0.3) is 0 Å². The number of hydrogen-bond donors (Lipinski definition) is 1. The molecule has 0 unspecified atom stereocenters. The molecule has 20 heavy (non-hydrogen) atoms. The Morgan fingerprint density at radius 3 is 2.65 bits per heavy atom. The smallest absolute Gasteiger partial charge is 0.326 e. The Balaban J connectivity index is 1.88. The maximum Gasteiger partial charge on any atom is 0.326 e. The lowest BCUT2D eigenvalue weighted by Crippen LogP contribution is -2.44. The lowest BCUT2D eigenvalue weighted by Gasteiger charge is -2.26. The van der Waals surface area contributed by atoms with Gasteiger partial charge in [-0.15, -0.1) is 12.3 Å². The number of terminal acetylenes is 1. The standard InChI is InChI=1S/C14H19N3O3/c1-3-4-8-14(15-16-14)9-7-12(18)17-10(2)5-6-11(17)13(19)20/h1,10-11H,4-9H2,2H3,(H,19,20)/t10-,11-/m1/s1. The minimum atomic E-state index is -0.925. The van der Waals surface area contributed by atoms with E-state index in [1.54, 1.807) is 0 Å². The van der Waals surface area contributed by atoms with E-state index in [0.29, 0.717) is 25.7 Å². The van der Waals surface area contributed by atoms with Crippen LogP contribution < -0.4 is 0 Å². The first-order valence-electron chi connectivity index (χ1n) is 6.90. The summed E-state index contributed by atoms with van der Waals surface area (Å²) < 4.78 is 0. The van der Waals surface area contributed by atoms with Crippen molar-refractivity contribution in [1.29, 1.82) is 0 Å². The van der Waals surface area contributed by atoms with Crippen molar-refractivity contribution in [3.05, 3.63) is 0 Å². The van der Waals surface area contributed by atoms with Gasteiger partial charge in [0, 0.05) is 31.7 Å². The van der Waals surface area contributed by atoms with Crippen molar-refractivity contribution in [2.45, 2.75) is 63.2 Å². The number of likely N-dealkylation sites (tertiary alicyclic amines) is 1. The molecule has 0 aromatic rings. The summed E-state index contributed by atoms with van der Waals surface area (Å²) in [5.74, 6) is 1.49. The highest BCUT2D eigenvalue weighted by Crippen LogP contribution is 2.38. The van der Waals surface area contributed by atoms with Gasteiger partial charge in [-0.05, 0) is 19.8 Å². The lowest BCUT2D eigenvalue weighted by molar-refractivity contribution is -0.149. The molecular weight excluding hydrogens is 258 g/mol. The van der Waals surface area contributed by atoms with Crippen LogP contribution in [-0.4, -0.2) is 39.6 Å². The molecule has 1 saturated heterocycles. The van der Waals surface area contributed by atoms with Gasteiger partial charge in [-0.3, -0.25) is 4.79 Å². The van der Waals surface area contributed by atoms with Crippen molar-refractivity contribution >= 4 is 11.9 Å². The summed E-state index contributed by atoms with van der Waals surface area (Å²) in [7, 11) is 0. The number of rotatable bonds is 6. The number of carboxylic acid groups (broad SMARTS) is 1. The summed E-state index contributed by atoms with van der Waals surface area (Å²) in [5.41, 5.74) is -0.482. The van der Waals surface area contributed by atoms with E-state index in [9.17, 15) is 9.59 Å². The van der Waals surface area contributed by atoms with Gasteiger partial charge < -0.3 is 10.0 Å². The highest BCUT2D eigenvalue weighted by atomic mass is 16.4. The van der Waals surface area contributed by atoms with Gasteiger partial charge in [0.1, 0.15) is 6.04 Å². The minimum absolute atomic E-state index is 0.0154. The second kappa shape index (κ2) is 5.61. The maximum atomic E-state index is 12.3. The third-order valence-corrected chi connectivity index (χ3v) is 4.03. The number of carbonyl (C=O) groups excluding carboxylic acids is 1. The van der Waals surface area contributed by atoms with Crippen LogP contribution >= 0.6 is 0 Å². The second-order valence-electron chi connectivity index (χ2n) is 5.47. The van der Waals surface area contributed by atoms with E-state index in [1.807, 2.05) is 6.92 Å². The van der Waals surface area contributed by atoms with Crippen molar-refractivity contribution in [3.63, 3.8) is 0 Å². The van der Waals surface area contributed by atoms with Crippen LogP contribution in [0.5, 0.6) is 0 Å². The summed E-state index contributed by atoms with van der Waals surface area (Å²) in [6.07, 6.45) is 8.51. The normalized spacial score (nSPS) is 26.3. The van der Waals surface area contributed by atoms with Gasteiger partial charge in [-0.2, -0.15) is 10.2 Å². The van der Waals surface area contributed by atoms with E-state index in [1.165, 1.54) is 4.90 Å². The molecule has 2 aliphatic heterocycles. The first-order chi connectivity index (χ1) is 9.49. The van der Waals surface area contributed by atoms with Crippen LogP contribution in [-0.2, 0) is 9.59 Å². The Bertz CT molecular complexity index is 475. The van der Waals surface area contributed by atoms with Crippen LogP contribution in [0.1, 0.15) is 45.4 Å². The quantitative estimate of drug-likeness (QED) is 0.751. The van der Waals surface area contributed by atoms with Gasteiger partial charge >= 0.3 is 5.97 Å². The average molecular weight is 277 g/mol. The number of aliphatic carboxylic acids is 1. The number of hydrogen-bond acceptors (Lipinski definition) is 4. The third-order valence-electron chi connectivity index (χ3n) is 4.03. The molecule has 0 aromatic carbocycles. The summed E-state index contributed by atoms with van der Waals surface area (Å²) in [6, 6.07) is -0.703. The molecule has 2 rings (SSSR count). The zero-order valence-corrected chi connectivity index (χ0v) is 11.6. The molecule has 1 fully saturated rings. The molecule has 0 spiro atoms. The fraction of sp³-hybridized carbons (Fsp3) is 0.714. The summed E-state index contributed by atoms with van der Waals surface area (Å²) >= 11 is 0. The molecule has 2 atom stereocenters. The predicted molar refractivity (Wildman–Crippen MR) is 71.9 cm³/mol. The van der Waals surface area contributed by atoms with Gasteiger partial charge in [0.2, 0.25) is 5.91 Å². The van der Waals surface area contributed by atoms with E-state index in [-0.39, 0.29) is 18.4 Å². The number of amides is 1. The SMILES string of the molecule is C#CCCC1(CCC(=O)N2[C@H](C)CC[C@@H]2C(=O)O)N=N1. The monoisotopic (exact) mass is 277 g/mol. The molecule has 1 N–H and O–H groups in total. The molecule has 0 aliphatic carbocycles. The Morgan fingerprint density at radius 2 is 2.10 bits per heavy atom. The topological polar surface area (TPSA) is 82.3 Å². The number of nitrogens with zero attached hydrogens (tertiary/aromatic N) is 3. The molecule has 6 nitrogen and oxygen atoms in total. The van der Waals surface area contributed by atoms with E-state index in [4.69, 9.17) is 11.5 Å². The molecule has 0 radical (unpaired) electrons. The van der Waals surface area contributed by atoms with Gasteiger partial charge in [-0.25, -0.2) is 4.79 Å². The van der Waals surface area contributed by atoms with Crippen LogP contribution in [0.2, 0.25) is 0 Å². The first kappa shape index (κ1) is 14.5. The predicted octanol–water partition coefficient (Wildman–Crippen LogP) is 1.81. The zero-order chi connectivity index (χ0) is 14.8. The van der Waals surface area contributed by atoms with Crippen molar-refractivity contribution in [1.82, 2.24) is 4.90 Å². The van der Waals surface area contributed by atoms with Crippen LogP contribution in [0.15, 0.2) is 10.2 Å². The molecule has 0 bridgehead atoms. The van der Waals surface area contributed by atoms with Gasteiger partial charge in [-0.1, -0.05) is 0 Å². The molecule has 108 valence electrons. The van der Waals surface area contributed by atoms with Crippen molar-refractivity contribution in [2.75, 3.05) is 0 Å². The lowest BCUT2D eigenvalue weighted by atomic mass is 10.0. The van der Waals surface area contributed by atoms with E-state index in [0.717, 1.165) is 6.42 Å². The summed E-state index contributed by atoms with van der Waals surface area (Å²) in [6.45, 7) is 1.89. The Labute approximate surface area is 118 Å². The average Bonchev–Trinajstić information content (AvgIpc) is 3.08. The first-order valence-corrected chi connectivity index (χ1v) is 6.90. The largest absolute Gasteiger partial charge is 0.480 e. The number of carboxylic acids is 1. The van der Waals surface area contributed by atoms with Crippen molar-refractivity contribution < 1.29 is 14.7 Å². The van der Waals surface area contributed by atoms with Gasteiger partial charge in [0.15, 0.2) is 5.66 Å². The molecule has 6 heteroatoms. The van der Waals surface area contributed by atoms with E-state index >= 15 is 0 Å². The molecule has 1 amide bonds. The fourth-order valence-electron chi connectivity index (χ4n) is 2.75. The summed E-state index contributed by atoms with van der Waals surface area (Å²) in [5, 5.41) is 17.1. The Morgan fingerprint density at radius 1 is 1.40 bits per heavy atom. The maximum absolute atomic E-state index is 12.3. The van der Waals surface area contributed by atoms with Crippen molar-refractivity contribution in [2.24, 2.45) is 10.2 Å². The molecule has 2 aliphatic rings. The van der Waals surface area contributed by atoms with Gasteiger partial charge in [0.25, 0.3) is 0 Å². The molecular formula is C14H19N3O3. The third kappa shape index (κ3) is 2.98. The van der Waals surface area contributed by atoms with Crippen LogP contribution in [0, 0.1) is 12.3 Å². The summed E-state index contributed by atoms with van der Waals surface area (Å²) in [4.78, 5) is 24.9. The zero-order valence-electron chi connectivity index (χ0n) is 11.6. The van der Waals surface area contributed by atoms with Gasteiger partial charge in [0.05, 0.1) is 0 Å². The fourth-order valence-corrected chi connectivity index (χ4v) is 2.75. The second-order valence-corrected chi connectivity index (χ2v) is 5.47. The molecule has 2 heterocycles. The highest BCUT2D eigenvalue weighted by Gasteiger charge is 2.42. The number of carbonyl (C=O) groups is 2. The van der Waals surface area contributed by atoms with E-state index in [2.05, 4.69) is 16.1 Å². The Kier molecular flexibility index (Phi) is 4.07. The Hall–Kier alpha value is -1.90. The molecule has 0 aromatic heterocycles. The highest BCUT2D eigenvalue weighted by molar-refractivity contribution is 5.84. The van der Waals surface area contributed by atoms with Crippen molar-refractivity contribution in [3.8, 4) is 12.3 Å². The minimum Gasteiger partial charge on any atom is -0.480 e. The van der Waals surface area contributed by atoms with Crippen LogP contribution in [0.3, 0.4) is 0 Å². The van der Waals surface area contributed by atoms with E-state index < -0.39 is 17.7 Å². The molecule has 0 saturated carbocycles. The van der Waals surface area contributed by atoms with Crippen LogP contribution in [0.4, 0.5) is 0 Å².